The van der Waals surface area contributed by atoms with Crippen molar-refractivity contribution in [3.8, 4) is 5.75 Å². The number of nitrogens with zero attached hydrogens (tertiary/aromatic N) is 1. The van der Waals surface area contributed by atoms with E-state index in [1.54, 1.807) is 48.9 Å². The monoisotopic (exact) mass is 459 g/mol. The number of ether oxygens (including phenoxy) is 1. The third-order valence-electron chi connectivity index (χ3n) is 4.17. The molecule has 0 saturated carbocycles. The van der Waals surface area contributed by atoms with Crippen LogP contribution in [0.2, 0.25) is 0 Å². The van der Waals surface area contributed by atoms with Crippen molar-refractivity contribution in [1.29, 1.82) is 0 Å². The Morgan fingerprint density at radius 2 is 1.93 bits per heavy atom. The lowest BCUT2D eigenvalue weighted by molar-refractivity contribution is -0.115. The van der Waals surface area contributed by atoms with Crippen LogP contribution in [0.25, 0.3) is 10.2 Å². The number of anilines is 2. The van der Waals surface area contributed by atoms with E-state index < -0.39 is 10.0 Å². The fourth-order valence-electron chi connectivity index (χ4n) is 2.75. The topological polar surface area (TPSA) is 97.4 Å². The second kappa shape index (κ2) is 8.42. The Balaban J connectivity index is 1.39. The van der Waals surface area contributed by atoms with Gasteiger partial charge in [0.1, 0.15) is 9.96 Å². The SMILES string of the molecule is COc1ccc2nc(NC(=O)Cc3ccc(NS(=O)(=O)c4cccs4)cc3)sc2c1. The van der Waals surface area contributed by atoms with Gasteiger partial charge in [0.05, 0.1) is 23.7 Å². The lowest BCUT2D eigenvalue weighted by Crippen LogP contribution is -2.14. The third kappa shape index (κ3) is 4.61. The first-order chi connectivity index (χ1) is 14.4. The van der Waals surface area contributed by atoms with Gasteiger partial charge in [0.2, 0.25) is 5.91 Å². The number of hydrogen-bond donors (Lipinski definition) is 2. The molecule has 2 N–H and O–H groups in total. The first kappa shape index (κ1) is 20.3. The maximum Gasteiger partial charge on any atom is 0.271 e. The molecule has 30 heavy (non-hydrogen) atoms. The van der Waals surface area contributed by atoms with E-state index in [1.165, 1.54) is 11.3 Å². The van der Waals surface area contributed by atoms with Gasteiger partial charge in [-0.1, -0.05) is 29.5 Å². The molecule has 4 aromatic rings. The fraction of sp³-hybridized carbons (Fsp3) is 0.100. The summed E-state index contributed by atoms with van der Waals surface area (Å²) in [6.45, 7) is 0. The summed E-state index contributed by atoms with van der Waals surface area (Å²) in [5, 5.41) is 5.03. The summed E-state index contributed by atoms with van der Waals surface area (Å²) >= 11 is 2.52. The average molecular weight is 460 g/mol. The zero-order valence-corrected chi connectivity index (χ0v) is 18.2. The molecule has 0 aliphatic heterocycles. The van der Waals surface area contributed by atoms with Gasteiger partial charge in [-0.15, -0.1) is 11.3 Å². The minimum Gasteiger partial charge on any atom is -0.497 e. The van der Waals surface area contributed by atoms with Crippen LogP contribution in [0.1, 0.15) is 5.56 Å². The molecule has 0 fully saturated rings. The molecule has 0 saturated heterocycles. The number of aromatic nitrogens is 1. The van der Waals surface area contributed by atoms with Crippen molar-refractivity contribution >= 4 is 59.6 Å². The molecule has 0 radical (unpaired) electrons. The standard InChI is InChI=1S/C20H17N3O4S3/c1-27-15-8-9-16-17(12-15)29-20(21-16)22-18(24)11-13-4-6-14(7-5-13)23-30(25,26)19-3-2-10-28-19/h2-10,12,23H,11H2,1H3,(H,21,22,24). The number of rotatable bonds is 7. The number of methoxy groups -OCH3 is 1. The maximum absolute atomic E-state index is 12.4. The molecular weight excluding hydrogens is 442 g/mol. The molecule has 10 heteroatoms. The minimum atomic E-state index is -3.59. The number of hydrogen-bond acceptors (Lipinski definition) is 7. The molecule has 2 heterocycles. The summed E-state index contributed by atoms with van der Waals surface area (Å²) in [5.41, 5.74) is 1.99. The van der Waals surface area contributed by atoms with E-state index in [1.807, 2.05) is 18.2 Å². The Morgan fingerprint density at radius 3 is 2.63 bits per heavy atom. The van der Waals surface area contributed by atoms with Gasteiger partial charge >= 0.3 is 0 Å². The number of nitrogens with one attached hydrogen (secondary N) is 2. The number of amides is 1. The number of carbonyl (C=O) groups is 1. The lowest BCUT2D eigenvalue weighted by Gasteiger charge is -2.07. The van der Waals surface area contributed by atoms with E-state index in [0.29, 0.717) is 10.8 Å². The average Bonchev–Trinajstić information content (AvgIpc) is 3.38. The van der Waals surface area contributed by atoms with E-state index >= 15 is 0 Å². The van der Waals surface area contributed by atoms with Crippen LogP contribution < -0.4 is 14.8 Å². The van der Waals surface area contributed by atoms with E-state index in [4.69, 9.17) is 4.74 Å². The predicted molar refractivity (Wildman–Crippen MR) is 120 cm³/mol. The molecule has 1 amide bonds. The first-order valence-electron chi connectivity index (χ1n) is 8.83. The van der Waals surface area contributed by atoms with Gasteiger partial charge in [0, 0.05) is 5.69 Å². The molecule has 2 aromatic carbocycles. The Kier molecular flexibility index (Phi) is 5.71. The van der Waals surface area contributed by atoms with Gasteiger partial charge in [0.15, 0.2) is 5.13 Å². The van der Waals surface area contributed by atoms with Crippen LogP contribution >= 0.6 is 22.7 Å². The summed E-state index contributed by atoms with van der Waals surface area (Å²) < 4.78 is 33.4. The van der Waals surface area contributed by atoms with Crippen LogP contribution in [0.5, 0.6) is 5.75 Å². The number of thiazole rings is 1. The summed E-state index contributed by atoms with van der Waals surface area (Å²) in [5.74, 6) is 0.534. The highest BCUT2D eigenvalue weighted by molar-refractivity contribution is 7.94. The first-order valence-corrected chi connectivity index (χ1v) is 12.0. The molecule has 0 bridgehead atoms. The molecule has 0 spiro atoms. The van der Waals surface area contributed by atoms with Crippen molar-refractivity contribution in [1.82, 2.24) is 4.98 Å². The molecule has 0 aliphatic carbocycles. The molecule has 0 aliphatic rings. The van der Waals surface area contributed by atoms with E-state index in [9.17, 15) is 13.2 Å². The Morgan fingerprint density at radius 1 is 1.13 bits per heavy atom. The summed E-state index contributed by atoms with van der Waals surface area (Å²) in [4.78, 5) is 16.8. The van der Waals surface area contributed by atoms with Gasteiger partial charge < -0.3 is 10.1 Å². The summed E-state index contributed by atoms with van der Waals surface area (Å²) in [6.07, 6.45) is 0.150. The van der Waals surface area contributed by atoms with Crippen molar-refractivity contribution in [2.45, 2.75) is 10.6 Å². The summed E-state index contributed by atoms with van der Waals surface area (Å²) in [7, 11) is -1.99. The highest BCUT2D eigenvalue weighted by Gasteiger charge is 2.15. The number of fused-ring (bicyclic) bond motifs is 1. The summed E-state index contributed by atoms with van der Waals surface area (Å²) in [6, 6.07) is 15.5. The quantitative estimate of drug-likeness (QED) is 0.428. The molecule has 0 atom stereocenters. The fourth-order valence-corrected chi connectivity index (χ4v) is 5.71. The van der Waals surface area contributed by atoms with E-state index in [-0.39, 0.29) is 16.5 Å². The van der Waals surface area contributed by atoms with Gasteiger partial charge in [0.25, 0.3) is 10.0 Å². The largest absolute Gasteiger partial charge is 0.497 e. The van der Waals surface area contributed by atoms with Gasteiger partial charge in [-0.3, -0.25) is 9.52 Å². The van der Waals surface area contributed by atoms with Crippen molar-refractivity contribution in [2.75, 3.05) is 17.1 Å². The normalized spacial score (nSPS) is 11.4. The number of carbonyl (C=O) groups excluding carboxylic acids is 1. The zero-order chi connectivity index (χ0) is 21.1. The van der Waals surface area contributed by atoms with Gasteiger partial charge in [-0.2, -0.15) is 0 Å². The van der Waals surface area contributed by atoms with Crippen LogP contribution in [0, 0.1) is 0 Å². The van der Waals surface area contributed by atoms with E-state index in [0.717, 1.165) is 32.9 Å². The highest BCUT2D eigenvalue weighted by Crippen LogP contribution is 2.29. The molecule has 4 rings (SSSR count). The van der Waals surface area contributed by atoms with Crippen molar-refractivity contribution in [2.24, 2.45) is 0 Å². The van der Waals surface area contributed by atoms with Gasteiger partial charge in [-0.25, -0.2) is 13.4 Å². The molecule has 7 nitrogen and oxygen atoms in total. The van der Waals surface area contributed by atoms with Gasteiger partial charge in [-0.05, 0) is 47.3 Å². The lowest BCUT2D eigenvalue weighted by atomic mass is 10.1. The molecular formula is C20H17N3O4S3. The number of thiophene rings is 1. The second-order valence-electron chi connectivity index (χ2n) is 6.31. The minimum absolute atomic E-state index is 0.150. The number of sulfonamides is 1. The Bertz CT molecular complexity index is 1280. The van der Waals surface area contributed by atoms with Crippen LogP contribution in [0.3, 0.4) is 0 Å². The Hall–Kier alpha value is -2.95. The van der Waals surface area contributed by atoms with Crippen molar-refractivity contribution in [3.05, 3.63) is 65.5 Å². The van der Waals surface area contributed by atoms with Crippen LogP contribution in [-0.2, 0) is 21.2 Å². The Labute approximate surface area is 181 Å². The molecule has 0 unspecified atom stereocenters. The predicted octanol–water partition coefficient (Wildman–Crippen LogP) is 4.35. The smallest absolute Gasteiger partial charge is 0.271 e. The molecule has 2 aromatic heterocycles. The van der Waals surface area contributed by atoms with E-state index in [2.05, 4.69) is 15.0 Å². The zero-order valence-electron chi connectivity index (χ0n) is 15.8. The van der Waals surface area contributed by atoms with Crippen molar-refractivity contribution in [3.63, 3.8) is 0 Å². The molecule has 154 valence electrons. The van der Waals surface area contributed by atoms with Crippen LogP contribution in [0.4, 0.5) is 10.8 Å². The third-order valence-corrected chi connectivity index (χ3v) is 7.89. The van der Waals surface area contributed by atoms with Crippen LogP contribution in [0.15, 0.2) is 64.2 Å². The maximum atomic E-state index is 12.4. The highest BCUT2D eigenvalue weighted by atomic mass is 32.2. The van der Waals surface area contributed by atoms with Crippen molar-refractivity contribution < 1.29 is 17.9 Å². The second-order valence-corrected chi connectivity index (χ2v) is 10.2. The van der Waals surface area contributed by atoms with Crippen LogP contribution in [-0.4, -0.2) is 26.4 Å². The number of benzene rings is 2.